The molecule has 0 aliphatic carbocycles. The van der Waals surface area contributed by atoms with E-state index in [1.165, 1.54) is 6.07 Å². The summed E-state index contributed by atoms with van der Waals surface area (Å²) in [5.41, 5.74) is 3.82. The number of nitrogens with one attached hydrogen (secondary N) is 1. The zero-order chi connectivity index (χ0) is 17.5. The molecule has 0 spiro atoms. The van der Waals surface area contributed by atoms with Gasteiger partial charge < -0.3 is 9.84 Å². The first-order valence-electron chi connectivity index (χ1n) is 6.74. The molecule has 0 unspecified atom stereocenters. The molecular formula is C17H12N4O3. The minimum atomic E-state index is -1.15. The maximum atomic E-state index is 11.3. The van der Waals surface area contributed by atoms with Gasteiger partial charge in [-0.3, -0.25) is 5.43 Å². The first-order chi connectivity index (χ1) is 11.6. The van der Waals surface area contributed by atoms with Crippen LogP contribution in [0.15, 0.2) is 47.6 Å². The van der Waals surface area contributed by atoms with Crippen molar-refractivity contribution < 1.29 is 14.6 Å². The van der Waals surface area contributed by atoms with Crippen molar-refractivity contribution in [2.45, 2.75) is 0 Å². The summed E-state index contributed by atoms with van der Waals surface area (Å²) in [6, 6.07) is 15.1. The van der Waals surface area contributed by atoms with E-state index in [9.17, 15) is 9.90 Å². The molecule has 7 nitrogen and oxygen atoms in total. The van der Waals surface area contributed by atoms with Crippen LogP contribution in [0.25, 0.3) is 11.1 Å². The number of carbonyl (C=O) groups is 1. The summed E-state index contributed by atoms with van der Waals surface area (Å²) in [7, 11) is 1.57. The molecule has 0 heterocycles. The molecule has 0 amide bonds. The number of rotatable bonds is 5. The van der Waals surface area contributed by atoms with Crippen molar-refractivity contribution in [1.82, 2.24) is 0 Å². The normalized spacial score (nSPS) is 9.29. The van der Waals surface area contributed by atoms with Gasteiger partial charge in [0.1, 0.15) is 17.9 Å². The molecule has 0 atom stereocenters. The van der Waals surface area contributed by atoms with Gasteiger partial charge in [-0.15, -0.1) is 0 Å². The van der Waals surface area contributed by atoms with Gasteiger partial charge in [-0.25, -0.2) is 4.79 Å². The van der Waals surface area contributed by atoms with Crippen LogP contribution in [0.1, 0.15) is 10.4 Å². The van der Waals surface area contributed by atoms with Gasteiger partial charge >= 0.3 is 5.97 Å². The summed E-state index contributed by atoms with van der Waals surface area (Å²) in [5.74, 6) is -0.444. The number of hydrogen-bond acceptors (Lipinski definition) is 6. The highest BCUT2D eigenvalue weighted by molar-refractivity contribution is 6.10. The Kier molecular flexibility index (Phi) is 5.12. The van der Waals surface area contributed by atoms with E-state index >= 15 is 0 Å². The number of ether oxygens (including phenoxy) is 1. The third kappa shape index (κ3) is 3.67. The topological polar surface area (TPSA) is 118 Å². The average molecular weight is 320 g/mol. The molecule has 2 aromatic carbocycles. The summed E-state index contributed by atoms with van der Waals surface area (Å²) in [5, 5.41) is 30.2. The van der Waals surface area contributed by atoms with E-state index in [1.54, 1.807) is 43.5 Å². The fourth-order valence-electron chi connectivity index (χ4n) is 1.98. The average Bonchev–Trinajstić information content (AvgIpc) is 2.62. The van der Waals surface area contributed by atoms with Crippen molar-refractivity contribution in [2.24, 2.45) is 5.10 Å². The Morgan fingerprint density at radius 2 is 1.75 bits per heavy atom. The molecule has 0 aliphatic rings. The lowest BCUT2D eigenvalue weighted by atomic mass is 10.0. The lowest BCUT2D eigenvalue weighted by Gasteiger charge is -2.09. The summed E-state index contributed by atoms with van der Waals surface area (Å²) in [4.78, 5) is 11.3. The second-order valence-electron chi connectivity index (χ2n) is 4.59. The van der Waals surface area contributed by atoms with Gasteiger partial charge in [-0.2, -0.15) is 15.6 Å². The lowest BCUT2D eigenvalue weighted by molar-refractivity contribution is 0.0698. The molecule has 2 N–H and O–H groups in total. The zero-order valence-corrected chi connectivity index (χ0v) is 12.6. The maximum Gasteiger partial charge on any atom is 0.337 e. The summed E-state index contributed by atoms with van der Waals surface area (Å²) in [6.45, 7) is 0. The molecule has 118 valence electrons. The lowest BCUT2D eigenvalue weighted by Crippen LogP contribution is -2.04. The van der Waals surface area contributed by atoms with Crippen molar-refractivity contribution in [3.05, 3.63) is 48.0 Å². The van der Waals surface area contributed by atoms with E-state index in [0.29, 0.717) is 5.75 Å². The van der Waals surface area contributed by atoms with Crippen LogP contribution in [0.2, 0.25) is 0 Å². The number of methoxy groups -OCH3 is 1. The predicted octanol–water partition coefficient (Wildman–Crippen LogP) is 2.88. The smallest absolute Gasteiger partial charge is 0.337 e. The Balaban J connectivity index is 2.44. The van der Waals surface area contributed by atoms with Crippen molar-refractivity contribution in [3.8, 4) is 29.0 Å². The van der Waals surface area contributed by atoms with Crippen LogP contribution in [0.3, 0.4) is 0 Å². The van der Waals surface area contributed by atoms with E-state index in [-0.39, 0.29) is 11.3 Å². The van der Waals surface area contributed by atoms with Gasteiger partial charge in [-0.05, 0) is 35.4 Å². The first-order valence-corrected chi connectivity index (χ1v) is 6.74. The van der Waals surface area contributed by atoms with Crippen molar-refractivity contribution in [3.63, 3.8) is 0 Å². The van der Waals surface area contributed by atoms with Crippen LogP contribution in [0.5, 0.6) is 5.75 Å². The molecule has 7 heteroatoms. The molecule has 0 radical (unpaired) electrons. The minimum absolute atomic E-state index is 0.0220. The zero-order valence-electron chi connectivity index (χ0n) is 12.6. The van der Waals surface area contributed by atoms with Crippen LogP contribution in [-0.4, -0.2) is 23.9 Å². The molecule has 0 aliphatic heterocycles. The Labute approximate surface area is 138 Å². The second-order valence-corrected chi connectivity index (χ2v) is 4.59. The van der Waals surface area contributed by atoms with E-state index < -0.39 is 11.7 Å². The van der Waals surface area contributed by atoms with Gasteiger partial charge in [0.05, 0.1) is 18.4 Å². The van der Waals surface area contributed by atoms with Gasteiger partial charge in [0.2, 0.25) is 5.71 Å². The number of aromatic carboxylic acids is 1. The van der Waals surface area contributed by atoms with Crippen molar-refractivity contribution >= 4 is 17.4 Å². The highest BCUT2D eigenvalue weighted by atomic mass is 16.5. The summed E-state index contributed by atoms with van der Waals surface area (Å²) >= 11 is 0. The fraction of sp³-hybridized carbons (Fsp3) is 0.0588. The molecule has 0 fully saturated rings. The van der Waals surface area contributed by atoms with Gasteiger partial charge in [-0.1, -0.05) is 18.2 Å². The highest BCUT2D eigenvalue weighted by Gasteiger charge is 2.12. The Hall–Kier alpha value is -3.84. The van der Waals surface area contributed by atoms with E-state index in [2.05, 4.69) is 10.5 Å². The molecule has 0 saturated heterocycles. The Morgan fingerprint density at radius 3 is 2.29 bits per heavy atom. The SMILES string of the molecule is COc1ccc(-c2ccc(C(=O)O)c(NN=C(C#N)C#N)c2)cc1. The molecule has 24 heavy (non-hydrogen) atoms. The Morgan fingerprint density at radius 1 is 1.12 bits per heavy atom. The first kappa shape index (κ1) is 16.5. The fourth-order valence-corrected chi connectivity index (χ4v) is 1.98. The van der Waals surface area contributed by atoms with Gasteiger partial charge in [0, 0.05) is 0 Å². The van der Waals surface area contributed by atoms with Crippen molar-refractivity contribution in [1.29, 1.82) is 10.5 Å². The van der Waals surface area contributed by atoms with E-state index in [4.69, 9.17) is 15.3 Å². The van der Waals surface area contributed by atoms with Crippen LogP contribution < -0.4 is 10.2 Å². The molecular weight excluding hydrogens is 308 g/mol. The van der Waals surface area contributed by atoms with Crippen LogP contribution in [0, 0.1) is 22.7 Å². The standard InChI is InChI=1S/C17H12N4O3/c1-24-14-5-2-11(3-6-14)12-4-7-15(17(22)23)16(8-12)21-20-13(9-18)10-19/h2-8,21H,1H3,(H,22,23). The molecule has 2 rings (SSSR count). The summed E-state index contributed by atoms with van der Waals surface area (Å²) in [6.07, 6.45) is 0. The second kappa shape index (κ2) is 7.43. The molecule has 2 aromatic rings. The third-order valence-corrected chi connectivity index (χ3v) is 3.17. The van der Waals surface area contributed by atoms with Crippen LogP contribution in [0.4, 0.5) is 5.69 Å². The molecule has 0 bridgehead atoms. The van der Waals surface area contributed by atoms with E-state index in [0.717, 1.165) is 11.1 Å². The third-order valence-electron chi connectivity index (χ3n) is 3.17. The maximum absolute atomic E-state index is 11.3. The highest BCUT2D eigenvalue weighted by Crippen LogP contribution is 2.27. The van der Waals surface area contributed by atoms with Gasteiger partial charge in [0.25, 0.3) is 0 Å². The number of nitrogens with zero attached hydrogens (tertiary/aromatic N) is 3. The molecule has 0 aromatic heterocycles. The molecule has 0 saturated carbocycles. The van der Waals surface area contributed by atoms with Gasteiger partial charge in [0.15, 0.2) is 0 Å². The number of anilines is 1. The number of hydrogen-bond donors (Lipinski definition) is 2. The van der Waals surface area contributed by atoms with Crippen molar-refractivity contribution in [2.75, 3.05) is 12.5 Å². The largest absolute Gasteiger partial charge is 0.497 e. The van der Waals surface area contributed by atoms with Crippen LogP contribution in [-0.2, 0) is 0 Å². The number of hydrazone groups is 1. The number of carboxylic acids is 1. The monoisotopic (exact) mass is 320 g/mol. The number of nitriles is 2. The predicted molar refractivity (Wildman–Crippen MR) is 87.7 cm³/mol. The number of benzene rings is 2. The quantitative estimate of drug-likeness (QED) is 0.646. The number of carboxylic acid groups (broad SMARTS) is 1. The Bertz CT molecular complexity index is 858. The van der Waals surface area contributed by atoms with E-state index in [1.807, 2.05) is 12.1 Å². The van der Waals surface area contributed by atoms with Crippen LogP contribution >= 0.6 is 0 Å². The summed E-state index contributed by atoms with van der Waals surface area (Å²) < 4.78 is 5.10. The minimum Gasteiger partial charge on any atom is -0.497 e.